The SMILES string of the molecule is COc1ccccc1[C@@H]1C(=O)N(C(=O)OC(C)(C)C)c2cc(C(F)(F)F)ccc21. The fraction of sp³-hybridized carbons (Fsp3) is 0.333. The lowest BCUT2D eigenvalue weighted by Gasteiger charge is -2.24. The second-order valence-electron chi connectivity index (χ2n) is 7.60. The summed E-state index contributed by atoms with van der Waals surface area (Å²) in [6, 6.07) is 9.59. The smallest absolute Gasteiger partial charge is 0.421 e. The number of amides is 2. The second-order valence-corrected chi connectivity index (χ2v) is 7.60. The molecule has 5 nitrogen and oxygen atoms in total. The number of nitrogens with zero attached hydrogens (tertiary/aromatic N) is 1. The van der Waals surface area contributed by atoms with Gasteiger partial charge in [-0.15, -0.1) is 0 Å². The summed E-state index contributed by atoms with van der Waals surface area (Å²) >= 11 is 0. The maximum absolute atomic E-state index is 13.3. The summed E-state index contributed by atoms with van der Waals surface area (Å²) in [7, 11) is 1.43. The van der Waals surface area contributed by atoms with Crippen LogP contribution >= 0.6 is 0 Å². The minimum absolute atomic E-state index is 0.144. The normalized spacial score (nSPS) is 16.6. The Labute approximate surface area is 166 Å². The minimum Gasteiger partial charge on any atom is -0.496 e. The molecule has 2 aromatic carbocycles. The van der Waals surface area contributed by atoms with Gasteiger partial charge in [0.25, 0.3) is 0 Å². The van der Waals surface area contributed by atoms with Crippen LogP contribution in [-0.4, -0.2) is 24.7 Å². The highest BCUT2D eigenvalue weighted by Gasteiger charge is 2.45. The highest BCUT2D eigenvalue weighted by Crippen LogP contribution is 2.46. The van der Waals surface area contributed by atoms with Crippen LogP contribution in [0.4, 0.5) is 23.7 Å². The first-order chi connectivity index (χ1) is 13.4. The van der Waals surface area contributed by atoms with Crippen molar-refractivity contribution in [1.82, 2.24) is 0 Å². The van der Waals surface area contributed by atoms with Crippen molar-refractivity contribution in [2.24, 2.45) is 0 Å². The average molecular weight is 407 g/mol. The van der Waals surface area contributed by atoms with Crippen molar-refractivity contribution < 1.29 is 32.2 Å². The molecule has 0 aromatic heterocycles. The maximum Gasteiger partial charge on any atom is 0.421 e. The first-order valence-corrected chi connectivity index (χ1v) is 8.85. The molecule has 0 spiro atoms. The lowest BCUT2D eigenvalue weighted by Crippen LogP contribution is -2.39. The quantitative estimate of drug-likeness (QED) is 0.693. The van der Waals surface area contributed by atoms with E-state index in [1.54, 1.807) is 45.0 Å². The zero-order valence-corrected chi connectivity index (χ0v) is 16.3. The molecule has 1 heterocycles. The number of rotatable bonds is 2. The van der Waals surface area contributed by atoms with Gasteiger partial charge in [0.1, 0.15) is 11.4 Å². The topological polar surface area (TPSA) is 55.8 Å². The number of anilines is 1. The van der Waals surface area contributed by atoms with Crippen molar-refractivity contribution >= 4 is 17.7 Å². The van der Waals surface area contributed by atoms with Gasteiger partial charge in [-0.1, -0.05) is 24.3 Å². The Kier molecular flexibility index (Phi) is 5.06. The lowest BCUT2D eigenvalue weighted by atomic mass is 9.91. The van der Waals surface area contributed by atoms with E-state index in [1.165, 1.54) is 13.2 Å². The Morgan fingerprint density at radius 1 is 1.03 bits per heavy atom. The number of benzene rings is 2. The summed E-state index contributed by atoms with van der Waals surface area (Å²) in [6.45, 7) is 4.82. The fourth-order valence-electron chi connectivity index (χ4n) is 3.24. The third kappa shape index (κ3) is 3.92. The van der Waals surface area contributed by atoms with Crippen molar-refractivity contribution in [2.45, 2.75) is 38.5 Å². The molecular weight excluding hydrogens is 387 g/mol. The molecular formula is C21H20F3NO4. The molecule has 1 aliphatic rings. The highest BCUT2D eigenvalue weighted by molar-refractivity contribution is 6.20. The summed E-state index contributed by atoms with van der Waals surface area (Å²) in [5.74, 6) is -1.29. The summed E-state index contributed by atoms with van der Waals surface area (Å²) in [5, 5.41) is 0. The van der Waals surface area contributed by atoms with Gasteiger partial charge in [-0.25, -0.2) is 9.69 Å². The summed E-state index contributed by atoms with van der Waals surface area (Å²) < 4.78 is 50.3. The molecule has 2 aromatic rings. The zero-order valence-electron chi connectivity index (χ0n) is 16.3. The Hall–Kier alpha value is -3.03. The number of methoxy groups -OCH3 is 1. The molecule has 0 unspecified atom stereocenters. The predicted molar refractivity (Wildman–Crippen MR) is 100 cm³/mol. The molecule has 29 heavy (non-hydrogen) atoms. The van der Waals surface area contributed by atoms with Crippen LogP contribution in [0.25, 0.3) is 0 Å². The largest absolute Gasteiger partial charge is 0.496 e. The molecule has 0 N–H and O–H groups in total. The molecule has 154 valence electrons. The van der Waals surface area contributed by atoms with Gasteiger partial charge in [0.2, 0.25) is 5.91 Å². The highest BCUT2D eigenvalue weighted by atomic mass is 19.4. The van der Waals surface area contributed by atoms with Gasteiger partial charge in [0, 0.05) is 5.56 Å². The van der Waals surface area contributed by atoms with E-state index >= 15 is 0 Å². The van der Waals surface area contributed by atoms with Gasteiger partial charge in [-0.05, 0) is 44.5 Å². The van der Waals surface area contributed by atoms with Gasteiger partial charge in [-0.3, -0.25) is 4.79 Å². The van der Waals surface area contributed by atoms with E-state index in [4.69, 9.17) is 9.47 Å². The third-order valence-corrected chi connectivity index (χ3v) is 4.40. The number of para-hydroxylation sites is 1. The number of halogens is 3. The van der Waals surface area contributed by atoms with Crippen molar-refractivity contribution in [2.75, 3.05) is 12.0 Å². The number of carbonyl (C=O) groups excluding carboxylic acids is 2. The van der Waals surface area contributed by atoms with Gasteiger partial charge in [0.15, 0.2) is 0 Å². The Bertz CT molecular complexity index is 963. The van der Waals surface area contributed by atoms with Crippen LogP contribution < -0.4 is 9.64 Å². The van der Waals surface area contributed by atoms with Crippen LogP contribution in [0.1, 0.15) is 43.4 Å². The van der Waals surface area contributed by atoms with Crippen molar-refractivity contribution in [3.63, 3.8) is 0 Å². The Morgan fingerprint density at radius 2 is 1.69 bits per heavy atom. The fourth-order valence-corrected chi connectivity index (χ4v) is 3.24. The van der Waals surface area contributed by atoms with E-state index in [9.17, 15) is 22.8 Å². The van der Waals surface area contributed by atoms with E-state index < -0.39 is 35.3 Å². The summed E-state index contributed by atoms with van der Waals surface area (Å²) in [5.41, 5.74) is -1.31. The molecule has 0 radical (unpaired) electrons. The first kappa shape index (κ1) is 20.7. The van der Waals surface area contributed by atoms with Gasteiger partial charge in [-0.2, -0.15) is 13.2 Å². The van der Waals surface area contributed by atoms with E-state index in [0.717, 1.165) is 12.1 Å². The molecule has 0 fully saturated rings. The first-order valence-electron chi connectivity index (χ1n) is 8.85. The van der Waals surface area contributed by atoms with Crippen LogP contribution in [0.5, 0.6) is 5.75 Å². The monoisotopic (exact) mass is 407 g/mol. The number of hydrogen-bond acceptors (Lipinski definition) is 4. The van der Waals surface area contributed by atoms with Crippen molar-refractivity contribution in [3.05, 3.63) is 59.2 Å². The Balaban J connectivity index is 2.18. The van der Waals surface area contributed by atoms with Crippen molar-refractivity contribution in [3.8, 4) is 5.75 Å². The molecule has 0 bridgehead atoms. The number of carbonyl (C=O) groups is 2. The van der Waals surface area contributed by atoms with Gasteiger partial charge < -0.3 is 9.47 Å². The summed E-state index contributed by atoms with van der Waals surface area (Å²) in [4.78, 5) is 26.6. The molecule has 8 heteroatoms. The number of fused-ring (bicyclic) bond motifs is 1. The number of ether oxygens (including phenoxy) is 2. The van der Waals surface area contributed by atoms with Crippen LogP contribution in [0, 0.1) is 0 Å². The van der Waals surface area contributed by atoms with Crippen molar-refractivity contribution in [1.29, 1.82) is 0 Å². The predicted octanol–water partition coefficient (Wildman–Crippen LogP) is 5.13. The maximum atomic E-state index is 13.3. The van der Waals surface area contributed by atoms with E-state index in [2.05, 4.69) is 0 Å². The second kappa shape index (κ2) is 7.09. The molecule has 0 aliphatic carbocycles. The minimum atomic E-state index is -4.62. The molecule has 0 saturated carbocycles. The van der Waals surface area contributed by atoms with E-state index in [-0.39, 0.29) is 11.3 Å². The molecule has 0 saturated heterocycles. The Morgan fingerprint density at radius 3 is 2.28 bits per heavy atom. The number of alkyl halides is 3. The van der Waals surface area contributed by atoms with Crippen LogP contribution in [-0.2, 0) is 15.7 Å². The average Bonchev–Trinajstić information content (AvgIpc) is 2.90. The van der Waals surface area contributed by atoms with Crippen LogP contribution in [0.2, 0.25) is 0 Å². The van der Waals surface area contributed by atoms with Gasteiger partial charge in [0.05, 0.1) is 24.3 Å². The standard InChI is InChI=1S/C21H20F3NO4/c1-20(2,3)29-19(27)25-15-11-12(21(22,23)24)9-10-13(15)17(18(25)26)14-7-5-6-8-16(14)28-4/h5-11,17H,1-4H3/t17-/m1/s1. The zero-order chi connectivity index (χ0) is 21.6. The molecule has 1 aliphatic heterocycles. The molecule has 3 rings (SSSR count). The van der Waals surface area contributed by atoms with E-state index in [1.807, 2.05) is 0 Å². The van der Waals surface area contributed by atoms with Gasteiger partial charge >= 0.3 is 12.3 Å². The number of imide groups is 1. The third-order valence-electron chi connectivity index (χ3n) is 4.40. The van der Waals surface area contributed by atoms with Crippen LogP contribution in [0.15, 0.2) is 42.5 Å². The number of hydrogen-bond donors (Lipinski definition) is 0. The van der Waals surface area contributed by atoms with E-state index in [0.29, 0.717) is 16.2 Å². The molecule has 1 atom stereocenters. The van der Waals surface area contributed by atoms with Crippen LogP contribution in [0.3, 0.4) is 0 Å². The lowest BCUT2D eigenvalue weighted by molar-refractivity contribution is -0.137. The summed E-state index contributed by atoms with van der Waals surface area (Å²) in [6.07, 6.45) is -5.65. The molecule has 2 amide bonds.